The van der Waals surface area contributed by atoms with Crippen LogP contribution in [-0.4, -0.2) is 14.7 Å². The van der Waals surface area contributed by atoms with Crippen molar-refractivity contribution < 1.29 is 13.9 Å². The topological polar surface area (TPSA) is 38.1 Å². The number of nitrogens with zero attached hydrogens (tertiary/aromatic N) is 2. The van der Waals surface area contributed by atoms with E-state index < -0.39 is 16.9 Å². The molecule has 0 saturated carbocycles. The molecule has 2 aromatic rings. The second kappa shape index (κ2) is 5.71. The monoisotopic (exact) mass is 284 g/mol. The van der Waals surface area contributed by atoms with Crippen LogP contribution < -0.4 is 0 Å². The van der Waals surface area contributed by atoms with Crippen molar-refractivity contribution in [2.45, 2.75) is 23.9 Å². The first kappa shape index (κ1) is 14.0. The molecular weight excluding hydrogens is 270 g/mol. The van der Waals surface area contributed by atoms with Gasteiger partial charge in [-0.3, -0.25) is 0 Å². The highest BCUT2D eigenvalue weighted by molar-refractivity contribution is 7.99. The zero-order valence-electron chi connectivity index (χ0n) is 10.6. The largest absolute Gasteiger partial charge is 0.390 e. The Kier molecular flexibility index (Phi) is 4.21. The van der Waals surface area contributed by atoms with Crippen molar-refractivity contribution in [3.8, 4) is 0 Å². The van der Waals surface area contributed by atoms with Gasteiger partial charge in [0, 0.05) is 17.9 Å². The van der Waals surface area contributed by atoms with Crippen molar-refractivity contribution in [3.05, 3.63) is 47.3 Å². The van der Waals surface area contributed by atoms with Gasteiger partial charge in [-0.1, -0.05) is 17.8 Å². The molecule has 1 unspecified atom stereocenters. The Balaban J connectivity index is 2.25. The van der Waals surface area contributed by atoms with E-state index in [4.69, 9.17) is 5.11 Å². The summed E-state index contributed by atoms with van der Waals surface area (Å²) in [5, 5.41) is 9.28. The maximum Gasteiger partial charge on any atom is 0.168 e. The number of hydrogen-bond acceptors (Lipinski definition) is 3. The number of thioether (sulfide) groups is 1. The highest BCUT2D eigenvalue weighted by Crippen LogP contribution is 2.36. The van der Waals surface area contributed by atoms with Crippen LogP contribution in [0.2, 0.25) is 0 Å². The molecule has 0 bridgehead atoms. The van der Waals surface area contributed by atoms with E-state index >= 15 is 0 Å². The molecule has 0 radical (unpaired) electrons. The third-order valence-electron chi connectivity index (χ3n) is 2.89. The van der Waals surface area contributed by atoms with Gasteiger partial charge in [-0.2, -0.15) is 0 Å². The first-order chi connectivity index (χ1) is 9.04. The highest BCUT2D eigenvalue weighted by Gasteiger charge is 2.19. The van der Waals surface area contributed by atoms with Crippen molar-refractivity contribution in [1.29, 1.82) is 0 Å². The number of rotatable bonds is 4. The van der Waals surface area contributed by atoms with Gasteiger partial charge in [-0.25, -0.2) is 13.8 Å². The van der Waals surface area contributed by atoms with Crippen LogP contribution in [0, 0.1) is 11.6 Å². The van der Waals surface area contributed by atoms with Gasteiger partial charge >= 0.3 is 0 Å². The van der Waals surface area contributed by atoms with Gasteiger partial charge in [0.15, 0.2) is 5.16 Å². The van der Waals surface area contributed by atoms with Gasteiger partial charge < -0.3 is 9.67 Å². The van der Waals surface area contributed by atoms with E-state index in [1.165, 1.54) is 30.0 Å². The van der Waals surface area contributed by atoms with E-state index in [1.807, 2.05) is 0 Å². The summed E-state index contributed by atoms with van der Waals surface area (Å²) in [7, 11) is 1.76. The fourth-order valence-electron chi connectivity index (χ4n) is 1.80. The molecule has 0 aliphatic heterocycles. The molecule has 1 heterocycles. The van der Waals surface area contributed by atoms with E-state index in [-0.39, 0.29) is 12.2 Å². The molecule has 2 rings (SSSR count). The highest BCUT2D eigenvalue weighted by atomic mass is 32.2. The average molecular weight is 284 g/mol. The van der Waals surface area contributed by atoms with Crippen molar-refractivity contribution in [2.24, 2.45) is 7.05 Å². The van der Waals surface area contributed by atoms with Gasteiger partial charge in [0.2, 0.25) is 0 Å². The zero-order valence-corrected chi connectivity index (χ0v) is 11.4. The number of aliphatic hydroxyl groups is 1. The molecule has 0 aliphatic carbocycles. The zero-order chi connectivity index (χ0) is 14.0. The molecule has 1 atom stereocenters. The first-order valence-electron chi connectivity index (χ1n) is 5.76. The molecule has 1 N–H and O–H groups in total. The van der Waals surface area contributed by atoms with Crippen LogP contribution in [0.25, 0.3) is 0 Å². The smallest absolute Gasteiger partial charge is 0.168 e. The summed E-state index contributed by atoms with van der Waals surface area (Å²) in [4.78, 5) is 4.13. The predicted molar refractivity (Wildman–Crippen MR) is 69.8 cm³/mol. The van der Waals surface area contributed by atoms with Crippen LogP contribution in [0.15, 0.2) is 29.6 Å². The molecule has 0 spiro atoms. The lowest BCUT2D eigenvalue weighted by molar-refractivity contribution is 0.271. The number of hydrogen-bond donors (Lipinski definition) is 1. The molecule has 0 saturated heterocycles. The van der Waals surface area contributed by atoms with Crippen molar-refractivity contribution in [2.75, 3.05) is 0 Å². The molecular formula is C13H14F2N2OS. The van der Waals surface area contributed by atoms with Crippen LogP contribution >= 0.6 is 11.8 Å². The molecule has 3 nitrogen and oxygen atoms in total. The molecule has 0 aliphatic rings. The predicted octanol–water partition coefficient (Wildman–Crippen LogP) is 3.04. The maximum atomic E-state index is 13.7. The van der Waals surface area contributed by atoms with E-state index in [1.54, 1.807) is 24.7 Å². The molecule has 0 fully saturated rings. The molecule has 102 valence electrons. The Morgan fingerprint density at radius 1 is 1.37 bits per heavy atom. The average Bonchev–Trinajstić information content (AvgIpc) is 2.70. The van der Waals surface area contributed by atoms with E-state index in [2.05, 4.69) is 4.98 Å². The summed E-state index contributed by atoms with van der Waals surface area (Å²) in [6.07, 6.45) is 1.55. The van der Waals surface area contributed by atoms with Gasteiger partial charge in [0.05, 0.1) is 18.5 Å². The third-order valence-corrected chi connectivity index (χ3v) is 4.07. The van der Waals surface area contributed by atoms with Crippen molar-refractivity contribution >= 4 is 11.8 Å². The van der Waals surface area contributed by atoms with Crippen LogP contribution in [0.3, 0.4) is 0 Å². The number of aliphatic hydroxyl groups excluding tert-OH is 1. The maximum absolute atomic E-state index is 13.7. The lowest BCUT2D eigenvalue weighted by Gasteiger charge is -2.13. The summed E-state index contributed by atoms with van der Waals surface area (Å²) >= 11 is 1.25. The summed E-state index contributed by atoms with van der Waals surface area (Å²) in [6, 6.07) is 3.83. The summed E-state index contributed by atoms with van der Waals surface area (Å²) in [5.74, 6) is -1.12. The summed E-state index contributed by atoms with van der Waals surface area (Å²) < 4.78 is 29.0. The second-order valence-corrected chi connectivity index (χ2v) is 5.45. The van der Waals surface area contributed by atoms with Gasteiger partial charge in [-0.15, -0.1) is 0 Å². The second-order valence-electron chi connectivity index (χ2n) is 4.14. The molecule has 0 amide bonds. The Morgan fingerprint density at radius 3 is 2.53 bits per heavy atom. The van der Waals surface area contributed by atoms with Gasteiger partial charge in [0.1, 0.15) is 11.6 Å². The third kappa shape index (κ3) is 2.79. The molecule has 1 aromatic carbocycles. The van der Waals surface area contributed by atoms with Crippen molar-refractivity contribution in [1.82, 2.24) is 9.55 Å². The quantitative estimate of drug-likeness (QED) is 0.877. The number of halogens is 2. The fraction of sp³-hybridized carbons (Fsp3) is 0.308. The summed E-state index contributed by atoms with van der Waals surface area (Å²) in [6.45, 7) is 1.60. The standard InChI is InChI=1S/C13H14F2N2OS/c1-8(12-10(14)4-3-5-11(12)15)19-13-16-6-9(7-18)17(13)2/h3-6,8,18H,7H2,1-2H3. The lowest BCUT2D eigenvalue weighted by atomic mass is 10.1. The van der Waals surface area contributed by atoms with Gasteiger partial charge in [0.25, 0.3) is 0 Å². The van der Waals surface area contributed by atoms with E-state index in [0.29, 0.717) is 10.9 Å². The van der Waals surface area contributed by atoms with Crippen LogP contribution in [-0.2, 0) is 13.7 Å². The van der Waals surface area contributed by atoms with Crippen LogP contribution in [0.5, 0.6) is 0 Å². The minimum absolute atomic E-state index is 0.0426. The van der Waals surface area contributed by atoms with E-state index in [9.17, 15) is 8.78 Å². The number of aromatic nitrogens is 2. The van der Waals surface area contributed by atoms with E-state index in [0.717, 1.165) is 0 Å². The van der Waals surface area contributed by atoms with Crippen molar-refractivity contribution in [3.63, 3.8) is 0 Å². The van der Waals surface area contributed by atoms with Crippen LogP contribution in [0.1, 0.15) is 23.4 Å². The first-order valence-corrected chi connectivity index (χ1v) is 6.64. The number of benzene rings is 1. The summed E-state index contributed by atoms with van der Waals surface area (Å²) in [5.41, 5.74) is 0.699. The Hall–Kier alpha value is -1.40. The molecule has 6 heteroatoms. The van der Waals surface area contributed by atoms with Gasteiger partial charge in [-0.05, 0) is 19.1 Å². The number of imidazole rings is 1. The molecule has 19 heavy (non-hydrogen) atoms. The minimum Gasteiger partial charge on any atom is -0.390 e. The SMILES string of the molecule is CC(Sc1ncc(CO)n1C)c1c(F)cccc1F. The Bertz CT molecular complexity index is 566. The van der Waals surface area contributed by atoms with Crippen LogP contribution in [0.4, 0.5) is 8.78 Å². The molecule has 1 aromatic heterocycles. The fourth-order valence-corrected chi connectivity index (χ4v) is 2.85. The Morgan fingerprint density at radius 2 is 2.00 bits per heavy atom. The normalized spacial score (nSPS) is 12.7. The minimum atomic E-state index is -0.559. The Labute approximate surface area is 114 Å². The lowest BCUT2D eigenvalue weighted by Crippen LogP contribution is -2.01.